The highest BCUT2D eigenvalue weighted by Crippen LogP contribution is 2.11. The first-order chi connectivity index (χ1) is 8.08. The van der Waals surface area contributed by atoms with Crippen molar-refractivity contribution in [2.24, 2.45) is 0 Å². The second-order valence-electron chi connectivity index (χ2n) is 3.50. The molecule has 1 aromatic rings. The van der Waals surface area contributed by atoms with Gasteiger partial charge >= 0.3 is 5.97 Å². The summed E-state index contributed by atoms with van der Waals surface area (Å²) in [6.45, 7) is 1.70. The van der Waals surface area contributed by atoms with Crippen molar-refractivity contribution in [1.29, 1.82) is 0 Å². The van der Waals surface area contributed by atoms with Crippen LogP contribution in [0.2, 0.25) is 0 Å². The third-order valence-corrected chi connectivity index (χ3v) is 2.36. The van der Waals surface area contributed by atoms with E-state index in [4.69, 9.17) is 9.84 Å². The second-order valence-corrected chi connectivity index (χ2v) is 3.50. The molecule has 0 saturated heterocycles. The van der Waals surface area contributed by atoms with Gasteiger partial charge in [0.05, 0.1) is 7.11 Å². The largest absolute Gasteiger partial charge is 0.497 e. The Bertz CT molecular complexity index is 399. The number of ether oxygens (including phenoxy) is 1. The van der Waals surface area contributed by atoms with Crippen LogP contribution in [0.25, 0.3) is 0 Å². The van der Waals surface area contributed by atoms with Crippen LogP contribution < -0.4 is 10.1 Å². The lowest BCUT2D eigenvalue weighted by Gasteiger charge is -2.12. The molecule has 0 aliphatic heterocycles. The Balaban J connectivity index is 2.72. The summed E-state index contributed by atoms with van der Waals surface area (Å²) in [5.74, 6) is -0.789. The summed E-state index contributed by atoms with van der Waals surface area (Å²) in [6.07, 6.45) is 0.344. The number of rotatable bonds is 5. The summed E-state index contributed by atoms with van der Waals surface area (Å²) in [4.78, 5) is 22.5. The summed E-state index contributed by atoms with van der Waals surface area (Å²) in [5.41, 5.74) is 0.408. The molecule has 0 fully saturated rings. The van der Waals surface area contributed by atoms with Gasteiger partial charge in [-0.3, -0.25) is 4.79 Å². The molecule has 5 nitrogen and oxygen atoms in total. The molecule has 17 heavy (non-hydrogen) atoms. The molecule has 1 rings (SSSR count). The molecule has 0 radical (unpaired) electrons. The van der Waals surface area contributed by atoms with Crippen LogP contribution in [0.5, 0.6) is 5.75 Å². The molecule has 1 aromatic carbocycles. The van der Waals surface area contributed by atoms with Crippen molar-refractivity contribution in [2.45, 2.75) is 19.4 Å². The van der Waals surface area contributed by atoms with E-state index in [0.717, 1.165) is 0 Å². The van der Waals surface area contributed by atoms with Crippen molar-refractivity contribution >= 4 is 11.9 Å². The van der Waals surface area contributed by atoms with Crippen LogP contribution in [0, 0.1) is 0 Å². The van der Waals surface area contributed by atoms with Gasteiger partial charge in [0.25, 0.3) is 5.91 Å². The fourth-order valence-corrected chi connectivity index (χ4v) is 1.32. The predicted molar refractivity (Wildman–Crippen MR) is 62.2 cm³/mol. The van der Waals surface area contributed by atoms with Crippen LogP contribution >= 0.6 is 0 Å². The van der Waals surface area contributed by atoms with Crippen molar-refractivity contribution in [2.75, 3.05) is 7.11 Å². The number of carbonyl (C=O) groups is 2. The summed E-state index contributed by atoms with van der Waals surface area (Å²) >= 11 is 0. The Morgan fingerprint density at radius 3 is 2.35 bits per heavy atom. The molecular weight excluding hydrogens is 222 g/mol. The minimum Gasteiger partial charge on any atom is -0.497 e. The standard InChI is InChI=1S/C12H15NO4/c1-3-10(12(15)16)13-11(14)8-4-6-9(17-2)7-5-8/h4-7,10H,3H2,1-2H3,(H,13,14)(H,15,16)/t10-/m1/s1. The summed E-state index contributed by atoms with van der Waals surface area (Å²) in [7, 11) is 1.53. The Hall–Kier alpha value is -2.04. The highest BCUT2D eigenvalue weighted by atomic mass is 16.5. The van der Waals surface area contributed by atoms with Crippen LogP contribution in [0.15, 0.2) is 24.3 Å². The first kappa shape index (κ1) is 13.0. The topological polar surface area (TPSA) is 75.6 Å². The SMILES string of the molecule is CC[C@@H](NC(=O)c1ccc(OC)cc1)C(=O)O. The number of aliphatic carboxylic acids is 1. The molecule has 0 bridgehead atoms. The highest BCUT2D eigenvalue weighted by molar-refractivity contribution is 5.96. The lowest BCUT2D eigenvalue weighted by atomic mass is 10.1. The molecule has 0 aromatic heterocycles. The Morgan fingerprint density at radius 2 is 1.94 bits per heavy atom. The molecule has 5 heteroatoms. The fraction of sp³-hybridized carbons (Fsp3) is 0.333. The molecule has 0 saturated carbocycles. The molecule has 1 amide bonds. The number of carboxylic acids is 1. The number of nitrogens with one attached hydrogen (secondary N) is 1. The third kappa shape index (κ3) is 3.48. The second kappa shape index (κ2) is 5.89. The van der Waals surface area contributed by atoms with E-state index in [-0.39, 0.29) is 0 Å². The average Bonchev–Trinajstić information content (AvgIpc) is 2.35. The molecule has 92 valence electrons. The molecule has 0 aliphatic carbocycles. The van der Waals surface area contributed by atoms with E-state index in [0.29, 0.717) is 17.7 Å². The normalized spacial score (nSPS) is 11.6. The predicted octanol–water partition coefficient (Wildman–Crippen LogP) is 1.29. The minimum atomic E-state index is -1.03. The fourth-order valence-electron chi connectivity index (χ4n) is 1.32. The molecule has 0 heterocycles. The monoisotopic (exact) mass is 237 g/mol. The van der Waals surface area contributed by atoms with Crippen molar-refractivity contribution in [3.63, 3.8) is 0 Å². The summed E-state index contributed by atoms with van der Waals surface area (Å²) < 4.78 is 4.96. The van der Waals surface area contributed by atoms with Gasteiger partial charge in [-0.1, -0.05) is 6.92 Å². The molecule has 0 aliphatic rings. The van der Waals surface area contributed by atoms with Crippen LogP contribution in [-0.2, 0) is 4.79 Å². The first-order valence-electron chi connectivity index (χ1n) is 5.26. The Morgan fingerprint density at radius 1 is 1.35 bits per heavy atom. The van der Waals surface area contributed by atoms with Crippen molar-refractivity contribution in [3.8, 4) is 5.75 Å². The van der Waals surface area contributed by atoms with E-state index >= 15 is 0 Å². The quantitative estimate of drug-likeness (QED) is 0.809. The Kier molecular flexibility index (Phi) is 4.51. The minimum absolute atomic E-state index is 0.344. The van der Waals surface area contributed by atoms with E-state index < -0.39 is 17.9 Å². The van der Waals surface area contributed by atoms with Gasteiger partial charge in [0.1, 0.15) is 11.8 Å². The zero-order valence-electron chi connectivity index (χ0n) is 9.77. The van der Waals surface area contributed by atoms with Crippen molar-refractivity contribution in [3.05, 3.63) is 29.8 Å². The van der Waals surface area contributed by atoms with E-state index in [1.807, 2.05) is 0 Å². The molecule has 2 N–H and O–H groups in total. The molecular formula is C12H15NO4. The van der Waals surface area contributed by atoms with Gasteiger partial charge in [-0.2, -0.15) is 0 Å². The van der Waals surface area contributed by atoms with E-state index in [9.17, 15) is 9.59 Å². The number of carbonyl (C=O) groups excluding carboxylic acids is 1. The van der Waals surface area contributed by atoms with Gasteiger partial charge in [-0.25, -0.2) is 4.79 Å². The van der Waals surface area contributed by atoms with Crippen LogP contribution in [0.3, 0.4) is 0 Å². The average molecular weight is 237 g/mol. The number of carboxylic acid groups (broad SMARTS) is 1. The maximum atomic E-state index is 11.7. The Labute approximate surface area is 99.4 Å². The lowest BCUT2D eigenvalue weighted by molar-refractivity contribution is -0.139. The molecule has 0 spiro atoms. The number of amides is 1. The number of hydrogen-bond acceptors (Lipinski definition) is 3. The van der Waals surface area contributed by atoms with Gasteiger partial charge in [0.2, 0.25) is 0 Å². The van der Waals surface area contributed by atoms with Gasteiger partial charge in [0.15, 0.2) is 0 Å². The number of hydrogen-bond donors (Lipinski definition) is 2. The molecule has 0 unspecified atom stereocenters. The van der Waals surface area contributed by atoms with Gasteiger partial charge < -0.3 is 15.2 Å². The lowest BCUT2D eigenvalue weighted by Crippen LogP contribution is -2.40. The zero-order chi connectivity index (χ0) is 12.8. The van der Waals surface area contributed by atoms with Crippen molar-refractivity contribution in [1.82, 2.24) is 5.32 Å². The van der Waals surface area contributed by atoms with Crippen LogP contribution in [0.1, 0.15) is 23.7 Å². The first-order valence-corrected chi connectivity index (χ1v) is 5.26. The molecule has 1 atom stereocenters. The van der Waals surface area contributed by atoms with Crippen LogP contribution in [0.4, 0.5) is 0 Å². The van der Waals surface area contributed by atoms with Crippen LogP contribution in [-0.4, -0.2) is 30.1 Å². The maximum absolute atomic E-state index is 11.7. The van der Waals surface area contributed by atoms with E-state index in [1.165, 1.54) is 7.11 Å². The smallest absolute Gasteiger partial charge is 0.326 e. The maximum Gasteiger partial charge on any atom is 0.326 e. The van der Waals surface area contributed by atoms with Gasteiger partial charge in [0, 0.05) is 5.56 Å². The zero-order valence-corrected chi connectivity index (χ0v) is 9.77. The van der Waals surface area contributed by atoms with Gasteiger partial charge in [-0.15, -0.1) is 0 Å². The third-order valence-electron chi connectivity index (χ3n) is 2.36. The van der Waals surface area contributed by atoms with E-state index in [2.05, 4.69) is 5.32 Å². The van der Waals surface area contributed by atoms with Gasteiger partial charge in [-0.05, 0) is 30.7 Å². The van der Waals surface area contributed by atoms with E-state index in [1.54, 1.807) is 31.2 Å². The summed E-state index contributed by atoms with van der Waals surface area (Å²) in [6, 6.07) is 5.61. The summed E-state index contributed by atoms with van der Waals surface area (Å²) in [5, 5.41) is 11.3. The number of methoxy groups -OCH3 is 1. The van der Waals surface area contributed by atoms with Crippen molar-refractivity contribution < 1.29 is 19.4 Å². The number of benzene rings is 1. The highest BCUT2D eigenvalue weighted by Gasteiger charge is 2.18.